The molecule has 2 rings (SSSR count). The third-order valence-electron chi connectivity index (χ3n) is 3.49. The summed E-state index contributed by atoms with van der Waals surface area (Å²) < 4.78 is 0. The summed E-state index contributed by atoms with van der Waals surface area (Å²) in [5.74, 6) is -0.144. The van der Waals surface area contributed by atoms with Gasteiger partial charge < -0.3 is 15.5 Å². The minimum atomic E-state index is -0.261. The first-order chi connectivity index (χ1) is 9.65. The van der Waals surface area contributed by atoms with Gasteiger partial charge in [-0.3, -0.25) is 9.59 Å². The Morgan fingerprint density at radius 3 is 2.80 bits per heavy atom. The number of carbonyl (C=O) groups excluding carboxylic acids is 2. The Morgan fingerprint density at radius 2 is 2.15 bits per heavy atom. The SMILES string of the molecule is CCCN(CC(=O)NC)C(=O)C1Cc2ccccc2N1. The van der Waals surface area contributed by atoms with Crippen molar-refractivity contribution in [3.05, 3.63) is 29.8 Å². The highest BCUT2D eigenvalue weighted by atomic mass is 16.2. The van der Waals surface area contributed by atoms with E-state index < -0.39 is 0 Å². The number of hydrogen-bond acceptors (Lipinski definition) is 3. The van der Waals surface area contributed by atoms with Gasteiger partial charge in [0.25, 0.3) is 0 Å². The van der Waals surface area contributed by atoms with Crippen molar-refractivity contribution in [1.29, 1.82) is 0 Å². The second kappa shape index (κ2) is 6.41. The zero-order valence-electron chi connectivity index (χ0n) is 12.0. The van der Waals surface area contributed by atoms with Crippen LogP contribution >= 0.6 is 0 Å². The number of fused-ring (bicyclic) bond motifs is 1. The van der Waals surface area contributed by atoms with E-state index in [1.807, 2.05) is 31.2 Å². The number of para-hydroxylation sites is 1. The summed E-state index contributed by atoms with van der Waals surface area (Å²) in [6.45, 7) is 2.72. The molecule has 1 heterocycles. The Bertz CT molecular complexity index is 477. The van der Waals surface area contributed by atoms with Crippen LogP contribution in [0.2, 0.25) is 0 Å². The third-order valence-corrected chi connectivity index (χ3v) is 3.49. The minimum Gasteiger partial charge on any atom is -0.373 e. The first-order valence-electron chi connectivity index (χ1n) is 6.99. The highest BCUT2D eigenvalue weighted by Crippen LogP contribution is 2.26. The van der Waals surface area contributed by atoms with E-state index in [9.17, 15) is 9.59 Å². The normalized spacial score (nSPS) is 16.2. The molecular formula is C15H21N3O2. The maximum absolute atomic E-state index is 12.5. The van der Waals surface area contributed by atoms with E-state index in [2.05, 4.69) is 10.6 Å². The number of nitrogens with zero attached hydrogens (tertiary/aromatic N) is 1. The number of amides is 2. The van der Waals surface area contributed by atoms with Crippen LogP contribution in [0.3, 0.4) is 0 Å². The molecule has 0 aliphatic carbocycles. The predicted octanol–water partition coefficient (Wildman–Crippen LogP) is 1.01. The average molecular weight is 275 g/mol. The molecule has 0 aromatic heterocycles. The van der Waals surface area contributed by atoms with Gasteiger partial charge in [0.2, 0.25) is 11.8 Å². The van der Waals surface area contributed by atoms with Gasteiger partial charge in [-0.1, -0.05) is 25.1 Å². The lowest BCUT2D eigenvalue weighted by molar-refractivity contribution is -0.136. The Morgan fingerprint density at radius 1 is 1.40 bits per heavy atom. The molecule has 1 aromatic carbocycles. The first-order valence-corrected chi connectivity index (χ1v) is 6.99. The highest BCUT2D eigenvalue weighted by molar-refractivity contribution is 5.90. The standard InChI is InChI=1S/C15H21N3O2/c1-3-8-18(10-14(19)16-2)15(20)13-9-11-6-4-5-7-12(11)17-13/h4-7,13,17H,3,8-10H2,1-2H3,(H,16,19). The molecule has 0 saturated heterocycles. The van der Waals surface area contributed by atoms with Crippen LogP contribution in [0, 0.1) is 0 Å². The largest absolute Gasteiger partial charge is 0.373 e. The first kappa shape index (κ1) is 14.4. The van der Waals surface area contributed by atoms with Gasteiger partial charge in [-0.05, 0) is 18.1 Å². The molecule has 0 saturated carbocycles. The van der Waals surface area contributed by atoms with Crippen LogP contribution in [-0.2, 0) is 16.0 Å². The van der Waals surface area contributed by atoms with Gasteiger partial charge >= 0.3 is 0 Å². The van der Waals surface area contributed by atoms with Crippen molar-refractivity contribution in [2.75, 3.05) is 25.5 Å². The Balaban J connectivity index is 2.04. The molecule has 0 spiro atoms. The van der Waals surface area contributed by atoms with Crippen LogP contribution in [0.5, 0.6) is 0 Å². The van der Waals surface area contributed by atoms with Crippen molar-refractivity contribution >= 4 is 17.5 Å². The molecule has 0 fully saturated rings. The summed E-state index contributed by atoms with van der Waals surface area (Å²) in [6, 6.07) is 7.67. The van der Waals surface area contributed by atoms with Crippen LogP contribution in [-0.4, -0.2) is 42.9 Å². The Labute approximate surface area is 119 Å². The summed E-state index contributed by atoms with van der Waals surface area (Å²) >= 11 is 0. The molecule has 2 amide bonds. The molecule has 0 bridgehead atoms. The van der Waals surface area contributed by atoms with Crippen molar-refractivity contribution in [2.45, 2.75) is 25.8 Å². The number of anilines is 1. The van der Waals surface area contributed by atoms with Gasteiger partial charge in [-0.2, -0.15) is 0 Å². The monoisotopic (exact) mass is 275 g/mol. The van der Waals surface area contributed by atoms with Crippen LogP contribution in [0.1, 0.15) is 18.9 Å². The van der Waals surface area contributed by atoms with E-state index in [1.54, 1.807) is 11.9 Å². The van der Waals surface area contributed by atoms with E-state index in [0.29, 0.717) is 13.0 Å². The lowest BCUT2D eigenvalue weighted by Gasteiger charge is -2.24. The maximum Gasteiger partial charge on any atom is 0.245 e. The van der Waals surface area contributed by atoms with E-state index in [-0.39, 0.29) is 24.4 Å². The average Bonchev–Trinajstić information content (AvgIpc) is 2.89. The Kier molecular flexibility index (Phi) is 4.61. The van der Waals surface area contributed by atoms with E-state index >= 15 is 0 Å². The minimum absolute atomic E-state index is 0.00773. The van der Waals surface area contributed by atoms with Crippen molar-refractivity contribution in [3.8, 4) is 0 Å². The number of likely N-dealkylation sites (N-methyl/N-ethyl adjacent to an activating group) is 1. The number of benzene rings is 1. The fourth-order valence-electron chi connectivity index (χ4n) is 2.46. The lowest BCUT2D eigenvalue weighted by atomic mass is 10.1. The zero-order valence-corrected chi connectivity index (χ0v) is 12.0. The molecule has 108 valence electrons. The van der Waals surface area contributed by atoms with Gasteiger partial charge in [0, 0.05) is 25.7 Å². The van der Waals surface area contributed by atoms with Crippen LogP contribution in [0.4, 0.5) is 5.69 Å². The smallest absolute Gasteiger partial charge is 0.245 e. The predicted molar refractivity (Wildman–Crippen MR) is 78.5 cm³/mol. The molecular weight excluding hydrogens is 254 g/mol. The molecule has 5 nitrogen and oxygen atoms in total. The molecule has 5 heteroatoms. The number of nitrogens with one attached hydrogen (secondary N) is 2. The fourth-order valence-corrected chi connectivity index (χ4v) is 2.46. The third kappa shape index (κ3) is 3.10. The summed E-state index contributed by atoms with van der Waals surface area (Å²) in [5, 5.41) is 5.80. The Hall–Kier alpha value is -2.04. The summed E-state index contributed by atoms with van der Waals surface area (Å²) in [5.41, 5.74) is 2.17. The second-order valence-corrected chi connectivity index (χ2v) is 4.99. The molecule has 0 radical (unpaired) electrons. The van der Waals surface area contributed by atoms with Gasteiger partial charge in [-0.25, -0.2) is 0 Å². The van der Waals surface area contributed by atoms with Crippen LogP contribution < -0.4 is 10.6 Å². The fraction of sp³-hybridized carbons (Fsp3) is 0.467. The molecule has 1 atom stereocenters. The van der Waals surface area contributed by atoms with Gasteiger partial charge in [0.15, 0.2) is 0 Å². The van der Waals surface area contributed by atoms with Crippen molar-refractivity contribution in [2.24, 2.45) is 0 Å². The maximum atomic E-state index is 12.5. The second-order valence-electron chi connectivity index (χ2n) is 4.99. The number of hydrogen-bond donors (Lipinski definition) is 2. The summed E-state index contributed by atoms with van der Waals surface area (Å²) in [7, 11) is 1.58. The summed E-state index contributed by atoms with van der Waals surface area (Å²) in [4.78, 5) is 25.7. The van der Waals surface area contributed by atoms with Gasteiger partial charge in [0.05, 0.1) is 6.54 Å². The van der Waals surface area contributed by atoms with Crippen LogP contribution in [0.15, 0.2) is 24.3 Å². The number of rotatable bonds is 5. The lowest BCUT2D eigenvalue weighted by Crippen LogP contribution is -2.46. The van der Waals surface area contributed by atoms with Crippen molar-refractivity contribution in [1.82, 2.24) is 10.2 Å². The highest BCUT2D eigenvalue weighted by Gasteiger charge is 2.30. The van der Waals surface area contributed by atoms with Crippen molar-refractivity contribution < 1.29 is 9.59 Å². The number of carbonyl (C=O) groups is 2. The van der Waals surface area contributed by atoms with E-state index in [4.69, 9.17) is 0 Å². The quantitative estimate of drug-likeness (QED) is 0.843. The molecule has 1 aliphatic rings. The van der Waals surface area contributed by atoms with Gasteiger partial charge in [0.1, 0.15) is 6.04 Å². The van der Waals surface area contributed by atoms with Crippen molar-refractivity contribution in [3.63, 3.8) is 0 Å². The molecule has 20 heavy (non-hydrogen) atoms. The topological polar surface area (TPSA) is 61.4 Å². The van der Waals surface area contributed by atoms with E-state index in [0.717, 1.165) is 17.7 Å². The molecule has 2 N–H and O–H groups in total. The van der Waals surface area contributed by atoms with E-state index in [1.165, 1.54) is 0 Å². The van der Waals surface area contributed by atoms with Gasteiger partial charge in [-0.15, -0.1) is 0 Å². The molecule has 1 aromatic rings. The molecule has 1 aliphatic heterocycles. The zero-order chi connectivity index (χ0) is 14.5. The molecule has 1 unspecified atom stereocenters. The van der Waals surface area contributed by atoms with Crippen LogP contribution in [0.25, 0.3) is 0 Å². The summed E-state index contributed by atoms with van der Waals surface area (Å²) in [6.07, 6.45) is 1.52.